The Hall–Kier alpha value is -3.13. The first kappa shape index (κ1) is 16.3. The number of hydrogen-bond donors (Lipinski definition) is 0. The van der Waals surface area contributed by atoms with E-state index in [1.54, 1.807) is 0 Å². The molecule has 0 saturated heterocycles. The van der Waals surface area contributed by atoms with Gasteiger partial charge in [-0.3, -0.25) is 4.68 Å². The fourth-order valence-corrected chi connectivity index (χ4v) is 3.40. The zero-order valence-electron chi connectivity index (χ0n) is 15.0. The molecular formula is C24H22N2. The second-order valence-electron chi connectivity index (χ2n) is 6.60. The molecule has 3 aromatic carbocycles. The van der Waals surface area contributed by atoms with E-state index in [-0.39, 0.29) is 0 Å². The summed E-state index contributed by atoms with van der Waals surface area (Å²) in [5, 5.41) is 6.91. The van der Waals surface area contributed by atoms with Crippen molar-refractivity contribution in [1.29, 1.82) is 0 Å². The van der Waals surface area contributed by atoms with E-state index in [1.165, 1.54) is 33.0 Å². The second kappa shape index (κ2) is 7.40. The van der Waals surface area contributed by atoms with Crippen molar-refractivity contribution in [3.05, 3.63) is 107 Å². The maximum Gasteiger partial charge on any atom is 0.0659 e. The van der Waals surface area contributed by atoms with E-state index in [0.29, 0.717) is 0 Å². The molecule has 128 valence electrons. The van der Waals surface area contributed by atoms with Crippen molar-refractivity contribution in [1.82, 2.24) is 9.78 Å². The van der Waals surface area contributed by atoms with Crippen LogP contribution < -0.4 is 0 Å². The van der Waals surface area contributed by atoms with Gasteiger partial charge in [0.25, 0.3) is 0 Å². The lowest BCUT2D eigenvalue weighted by Crippen LogP contribution is -2.02. The molecular weight excluding hydrogens is 316 g/mol. The molecule has 0 amide bonds. The van der Waals surface area contributed by atoms with Gasteiger partial charge in [-0.05, 0) is 52.4 Å². The molecule has 0 saturated carbocycles. The molecule has 1 aromatic heterocycles. The Balaban J connectivity index is 1.67. The van der Waals surface area contributed by atoms with Crippen LogP contribution in [0, 0.1) is 0 Å². The van der Waals surface area contributed by atoms with Gasteiger partial charge in [0, 0.05) is 12.4 Å². The molecule has 0 atom stereocenters. The molecule has 0 aliphatic heterocycles. The molecule has 2 heteroatoms. The number of aromatic nitrogens is 2. The number of nitrogens with zero attached hydrogens (tertiary/aromatic N) is 2. The van der Waals surface area contributed by atoms with Gasteiger partial charge in [-0.1, -0.05) is 72.8 Å². The van der Waals surface area contributed by atoms with E-state index in [1.807, 2.05) is 23.1 Å². The average molecular weight is 338 g/mol. The van der Waals surface area contributed by atoms with Crippen LogP contribution in [0.25, 0.3) is 16.8 Å². The van der Waals surface area contributed by atoms with Gasteiger partial charge in [-0.25, -0.2) is 0 Å². The summed E-state index contributed by atoms with van der Waals surface area (Å²) in [6.45, 7) is 2.87. The molecule has 0 bridgehead atoms. The predicted molar refractivity (Wildman–Crippen MR) is 109 cm³/mol. The monoisotopic (exact) mass is 338 g/mol. The molecule has 0 fully saturated rings. The van der Waals surface area contributed by atoms with Crippen molar-refractivity contribution in [3.8, 4) is 0 Å². The Kier molecular flexibility index (Phi) is 4.65. The van der Waals surface area contributed by atoms with Crippen LogP contribution >= 0.6 is 0 Å². The first-order valence-electron chi connectivity index (χ1n) is 9.01. The lowest BCUT2D eigenvalue weighted by atomic mass is 9.95. The highest BCUT2D eigenvalue weighted by Crippen LogP contribution is 2.22. The molecule has 0 radical (unpaired) electrons. The fourth-order valence-electron chi connectivity index (χ4n) is 3.40. The standard InChI is InChI=1S/C24H22N2/c1-2-6-21-12-10-20(18-26-14-5-13-25-26)17-24(21)16-19-9-11-22-7-3-4-8-23(22)15-19/h2-15,17H,16,18H2,1H3/b6-2+. The molecule has 2 nitrogen and oxygen atoms in total. The first-order chi connectivity index (χ1) is 12.8. The number of rotatable bonds is 5. The van der Waals surface area contributed by atoms with Crippen molar-refractivity contribution in [3.63, 3.8) is 0 Å². The summed E-state index contributed by atoms with van der Waals surface area (Å²) in [5.41, 5.74) is 5.25. The Bertz CT molecular complexity index is 1040. The van der Waals surface area contributed by atoms with Crippen LogP contribution in [0.1, 0.15) is 29.2 Å². The number of benzene rings is 3. The Morgan fingerprint density at radius 1 is 0.885 bits per heavy atom. The molecule has 4 rings (SSSR count). The summed E-state index contributed by atoms with van der Waals surface area (Å²) < 4.78 is 1.96. The molecule has 0 aliphatic carbocycles. The van der Waals surface area contributed by atoms with Gasteiger partial charge >= 0.3 is 0 Å². The zero-order chi connectivity index (χ0) is 17.8. The predicted octanol–water partition coefficient (Wildman–Crippen LogP) is 5.71. The van der Waals surface area contributed by atoms with E-state index in [0.717, 1.165) is 13.0 Å². The highest BCUT2D eigenvalue weighted by Gasteiger charge is 2.05. The van der Waals surface area contributed by atoms with Gasteiger partial charge in [-0.15, -0.1) is 0 Å². The minimum absolute atomic E-state index is 0.799. The molecule has 26 heavy (non-hydrogen) atoms. The maximum absolute atomic E-state index is 4.32. The highest BCUT2D eigenvalue weighted by molar-refractivity contribution is 5.83. The number of allylic oxidation sites excluding steroid dienone is 1. The van der Waals surface area contributed by atoms with Gasteiger partial charge in [0.05, 0.1) is 6.54 Å². The van der Waals surface area contributed by atoms with Gasteiger partial charge in [-0.2, -0.15) is 5.10 Å². The Labute approximate surface area is 154 Å². The molecule has 0 aliphatic rings. The normalized spacial score (nSPS) is 11.4. The van der Waals surface area contributed by atoms with Crippen molar-refractivity contribution >= 4 is 16.8 Å². The summed E-state index contributed by atoms with van der Waals surface area (Å²) in [6.07, 6.45) is 9.05. The fraction of sp³-hybridized carbons (Fsp3) is 0.125. The van der Waals surface area contributed by atoms with Crippen molar-refractivity contribution in [2.75, 3.05) is 0 Å². The van der Waals surface area contributed by atoms with Gasteiger partial charge < -0.3 is 0 Å². The zero-order valence-corrected chi connectivity index (χ0v) is 15.0. The minimum atomic E-state index is 0.799. The summed E-state index contributed by atoms with van der Waals surface area (Å²) in [6, 6.07) is 24.0. The molecule has 1 heterocycles. The third-order valence-electron chi connectivity index (χ3n) is 4.67. The Morgan fingerprint density at radius 3 is 2.54 bits per heavy atom. The first-order valence-corrected chi connectivity index (χ1v) is 9.01. The second-order valence-corrected chi connectivity index (χ2v) is 6.60. The molecule has 0 unspecified atom stereocenters. The summed E-state index contributed by atoms with van der Waals surface area (Å²) in [4.78, 5) is 0. The lowest BCUT2D eigenvalue weighted by molar-refractivity contribution is 0.686. The minimum Gasteiger partial charge on any atom is -0.268 e. The van der Waals surface area contributed by atoms with Gasteiger partial charge in [0.2, 0.25) is 0 Å². The van der Waals surface area contributed by atoms with Crippen LogP contribution in [-0.4, -0.2) is 9.78 Å². The molecule has 0 N–H and O–H groups in total. The summed E-state index contributed by atoms with van der Waals surface area (Å²) in [7, 11) is 0. The Morgan fingerprint density at radius 2 is 1.73 bits per heavy atom. The largest absolute Gasteiger partial charge is 0.268 e. The van der Waals surface area contributed by atoms with E-state index in [9.17, 15) is 0 Å². The van der Waals surface area contributed by atoms with Crippen LogP contribution in [0.3, 0.4) is 0 Å². The maximum atomic E-state index is 4.32. The van der Waals surface area contributed by atoms with Crippen LogP contribution in [0.15, 0.2) is 85.2 Å². The third kappa shape index (κ3) is 3.60. The molecule has 4 aromatic rings. The summed E-state index contributed by atoms with van der Waals surface area (Å²) in [5.74, 6) is 0. The third-order valence-corrected chi connectivity index (χ3v) is 4.67. The van der Waals surface area contributed by atoms with Crippen LogP contribution in [-0.2, 0) is 13.0 Å². The van der Waals surface area contributed by atoms with Crippen molar-refractivity contribution in [2.45, 2.75) is 19.9 Å². The van der Waals surface area contributed by atoms with E-state index < -0.39 is 0 Å². The number of fused-ring (bicyclic) bond motifs is 1. The number of hydrogen-bond acceptors (Lipinski definition) is 1. The van der Waals surface area contributed by atoms with Gasteiger partial charge in [0.15, 0.2) is 0 Å². The average Bonchev–Trinajstić information content (AvgIpc) is 3.17. The summed E-state index contributed by atoms with van der Waals surface area (Å²) >= 11 is 0. The topological polar surface area (TPSA) is 17.8 Å². The SMILES string of the molecule is C/C=C/c1ccc(Cn2cccn2)cc1Cc1ccc2ccccc2c1. The van der Waals surface area contributed by atoms with Gasteiger partial charge in [0.1, 0.15) is 0 Å². The van der Waals surface area contributed by atoms with E-state index >= 15 is 0 Å². The van der Waals surface area contributed by atoms with Crippen LogP contribution in [0.5, 0.6) is 0 Å². The van der Waals surface area contributed by atoms with E-state index in [2.05, 4.69) is 84.8 Å². The van der Waals surface area contributed by atoms with Crippen molar-refractivity contribution < 1.29 is 0 Å². The highest BCUT2D eigenvalue weighted by atomic mass is 15.3. The lowest BCUT2D eigenvalue weighted by Gasteiger charge is -2.11. The smallest absolute Gasteiger partial charge is 0.0659 e. The van der Waals surface area contributed by atoms with Crippen LogP contribution in [0.4, 0.5) is 0 Å². The van der Waals surface area contributed by atoms with Crippen LogP contribution in [0.2, 0.25) is 0 Å². The van der Waals surface area contributed by atoms with E-state index in [4.69, 9.17) is 0 Å². The van der Waals surface area contributed by atoms with Crippen molar-refractivity contribution in [2.24, 2.45) is 0 Å². The quantitative estimate of drug-likeness (QED) is 0.456. The molecule has 0 spiro atoms.